The number of carbonyl (C=O) groups excluding carboxylic acids is 1. The number of aromatic amines is 1. The van der Waals surface area contributed by atoms with Crippen LogP contribution in [0.3, 0.4) is 0 Å². The molecule has 4 rings (SSSR count). The maximum atomic E-state index is 12.4. The van der Waals surface area contributed by atoms with Gasteiger partial charge in [0.15, 0.2) is 9.84 Å². The Hall–Kier alpha value is -2.34. The molecule has 1 aliphatic heterocycles. The van der Waals surface area contributed by atoms with Gasteiger partial charge in [-0.25, -0.2) is 8.42 Å². The molecule has 2 aromatic carbocycles. The Labute approximate surface area is 140 Å². The monoisotopic (exact) mass is 342 g/mol. The van der Waals surface area contributed by atoms with E-state index < -0.39 is 9.84 Å². The number of amides is 1. The van der Waals surface area contributed by atoms with Crippen LogP contribution in [0.2, 0.25) is 0 Å². The van der Waals surface area contributed by atoms with Gasteiger partial charge in [-0.2, -0.15) is 0 Å². The number of H-pyrrole nitrogens is 1. The zero-order valence-electron chi connectivity index (χ0n) is 13.1. The average Bonchev–Trinajstić information content (AvgIpc) is 3.15. The number of aromatic nitrogens is 1. The molecule has 2 heterocycles. The number of carbonyl (C=O) groups is 1. The Balaban J connectivity index is 1.55. The van der Waals surface area contributed by atoms with Gasteiger partial charge in [0, 0.05) is 17.4 Å². The van der Waals surface area contributed by atoms with Crippen molar-refractivity contribution in [2.75, 3.05) is 18.1 Å². The molecule has 0 radical (unpaired) electrons. The van der Waals surface area contributed by atoms with Crippen molar-refractivity contribution in [1.82, 2.24) is 10.3 Å². The van der Waals surface area contributed by atoms with Crippen LogP contribution in [0, 0.1) is 5.92 Å². The summed E-state index contributed by atoms with van der Waals surface area (Å²) in [5.41, 5.74) is 1.42. The first kappa shape index (κ1) is 15.2. The molecule has 5 nitrogen and oxygen atoms in total. The lowest BCUT2D eigenvalue weighted by Gasteiger charge is -2.08. The van der Waals surface area contributed by atoms with Crippen molar-refractivity contribution in [3.05, 3.63) is 48.2 Å². The molecule has 0 saturated carbocycles. The third-order valence-corrected chi connectivity index (χ3v) is 6.49. The maximum Gasteiger partial charge on any atom is 0.267 e. The molecule has 124 valence electrons. The van der Waals surface area contributed by atoms with Crippen molar-refractivity contribution in [2.45, 2.75) is 6.42 Å². The molecule has 2 N–H and O–H groups in total. The van der Waals surface area contributed by atoms with Gasteiger partial charge in [-0.15, -0.1) is 0 Å². The largest absolute Gasteiger partial charge is 0.351 e. The van der Waals surface area contributed by atoms with Gasteiger partial charge in [-0.3, -0.25) is 4.79 Å². The molecule has 1 saturated heterocycles. The van der Waals surface area contributed by atoms with Crippen LogP contribution in [0.25, 0.3) is 21.7 Å². The predicted molar refractivity (Wildman–Crippen MR) is 94.9 cm³/mol. The molecule has 1 unspecified atom stereocenters. The van der Waals surface area contributed by atoms with Crippen molar-refractivity contribution in [3.8, 4) is 0 Å². The highest BCUT2D eigenvalue weighted by Crippen LogP contribution is 2.26. The maximum absolute atomic E-state index is 12.4. The Morgan fingerprint density at radius 2 is 2.00 bits per heavy atom. The van der Waals surface area contributed by atoms with E-state index in [4.69, 9.17) is 0 Å². The summed E-state index contributed by atoms with van der Waals surface area (Å²) < 4.78 is 23.0. The molecule has 1 aromatic heterocycles. The van der Waals surface area contributed by atoms with E-state index in [0.717, 1.165) is 21.7 Å². The van der Waals surface area contributed by atoms with Crippen LogP contribution in [-0.4, -0.2) is 37.4 Å². The number of sulfone groups is 1. The minimum Gasteiger partial charge on any atom is -0.351 e. The number of rotatable bonds is 3. The van der Waals surface area contributed by atoms with E-state index in [9.17, 15) is 13.2 Å². The van der Waals surface area contributed by atoms with Crippen LogP contribution < -0.4 is 5.32 Å². The number of nitrogens with one attached hydrogen (secondary N) is 2. The molecule has 0 spiro atoms. The molecule has 0 bridgehead atoms. The lowest BCUT2D eigenvalue weighted by Crippen LogP contribution is -2.30. The van der Waals surface area contributed by atoms with E-state index in [2.05, 4.69) is 10.3 Å². The summed E-state index contributed by atoms with van der Waals surface area (Å²) in [7, 11) is -2.91. The van der Waals surface area contributed by atoms with Crippen LogP contribution in [0.15, 0.2) is 42.5 Å². The number of hydrogen-bond acceptors (Lipinski definition) is 3. The first-order valence-electron chi connectivity index (χ1n) is 8.01. The lowest BCUT2D eigenvalue weighted by atomic mass is 10.1. The predicted octanol–water partition coefficient (Wildman–Crippen LogP) is 2.49. The van der Waals surface area contributed by atoms with Gasteiger partial charge >= 0.3 is 0 Å². The Bertz CT molecular complexity index is 1040. The Kier molecular flexibility index (Phi) is 3.57. The number of benzene rings is 2. The van der Waals surface area contributed by atoms with Gasteiger partial charge in [0.1, 0.15) is 5.69 Å². The molecule has 0 aliphatic carbocycles. The second kappa shape index (κ2) is 5.63. The van der Waals surface area contributed by atoms with Crippen molar-refractivity contribution in [1.29, 1.82) is 0 Å². The lowest BCUT2D eigenvalue weighted by molar-refractivity contribution is 0.0944. The second-order valence-electron chi connectivity index (χ2n) is 6.41. The minimum absolute atomic E-state index is 0.0177. The fourth-order valence-electron chi connectivity index (χ4n) is 3.37. The van der Waals surface area contributed by atoms with Gasteiger partial charge in [-0.05, 0) is 35.2 Å². The highest BCUT2D eigenvalue weighted by Gasteiger charge is 2.28. The van der Waals surface area contributed by atoms with E-state index in [-0.39, 0.29) is 23.3 Å². The minimum atomic E-state index is -2.91. The summed E-state index contributed by atoms with van der Waals surface area (Å²) in [4.78, 5) is 15.5. The standard InChI is InChI=1S/C18H18N2O3S/c21-18(19-10-12-7-8-24(22,23)11-12)17-9-15-14-4-2-1-3-13(14)5-6-16(15)20-17/h1-6,9,12,20H,7-8,10-11H2,(H,19,21). The molecule has 1 amide bonds. The first-order valence-corrected chi connectivity index (χ1v) is 9.83. The summed E-state index contributed by atoms with van der Waals surface area (Å²) >= 11 is 0. The molecular formula is C18H18N2O3S. The number of hydrogen-bond donors (Lipinski definition) is 2. The summed E-state index contributed by atoms with van der Waals surface area (Å²) in [5.74, 6) is 0.222. The van der Waals surface area contributed by atoms with Gasteiger partial charge in [-0.1, -0.05) is 30.3 Å². The van der Waals surface area contributed by atoms with Crippen LogP contribution in [0.5, 0.6) is 0 Å². The van der Waals surface area contributed by atoms with Crippen molar-refractivity contribution >= 4 is 37.4 Å². The van der Waals surface area contributed by atoms with Gasteiger partial charge in [0.05, 0.1) is 11.5 Å². The Morgan fingerprint density at radius 1 is 1.17 bits per heavy atom. The fourth-order valence-corrected chi connectivity index (χ4v) is 5.24. The van der Waals surface area contributed by atoms with Crippen molar-refractivity contribution < 1.29 is 13.2 Å². The highest BCUT2D eigenvalue weighted by molar-refractivity contribution is 7.91. The third kappa shape index (κ3) is 2.78. The van der Waals surface area contributed by atoms with E-state index in [1.807, 2.05) is 42.5 Å². The van der Waals surface area contributed by atoms with Crippen LogP contribution in [-0.2, 0) is 9.84 Å². The van der Waals surface area contributed by atoms with E-state index in [1.165, 1.54) is 0 Å². The summed E-state index contributed by atoms with van der Waals surface area (Å²) in [5, 5.41) is 6.10. The molecule has 1 atom stereocenters. The summed E-state index contributed by atoms with van der Waals surface area (Å²) in [6, 6.07) is 13.9. The van der Waals surface area contributed by atoms with Crippen LogP contribution >= 0.6 is 0 Å². The summed E-state index contributed by atoms with van der Waals surface area (Å²) in [6.07, 6.45) is 0.625. The molecular weight excluding hydrogens is 324 g/mol. The van der Waals surface area contributed by atoms with Crippen molar-refractivity contribution in [3.63, 3.8) is 0 Å². The zero-order valence-corrected chi connectivity index (χ0v) is 13.9. The van der Waals surface area contributed by atoms with E-state index in [0.29, 0.717) is 18.7 Å². The zero-order chi connectivity index (χ0) is 16.7. The normalized spacial score (nSPS) is 19.8. The Morgan fingerprint density at radius 3 is 2.79 bits per heavy atom. The summed E-state index contributed by atoms with van der Waals surface area (Å²) in [6.45, 7) is 0.397. The van der Waals surface area contributed by atoms with E-state index >= 15 is 0 Å². The molecule has 24 heavy (non-hydrogen) atoms. The average molecular weight is 342 g/mol. The third-order valence-electron chi connectivity index (χ3n) is 4.65. The van der Waals surface area contributed by atoms with Gasteiger partial charge in [0.25, 0.3) is 5.91 Å². The quantitative estimate of drug-likeness (QED) is 0.767. The van der Waals surface area contributed by atoms with Gasteiger partial charge < -0.3 is 10.3 Å². The SMILES string of the molecule is O=C(NCC1CCS(=O)(=O)C1)c1cc2c(ccc3ccccc32)[nH]1. The second-order valence-corrected chi connectivity index (χ2v) is 8.64. The number of fused-ring (bicyclic) bond motifs is 3. The van der Waals surface area contributed by atoms with E-state index in [1.54, 1.807) is 0 Å². The molecule has 3 aromatic rings. The molecule has 1 aliphatic rings. The van der Waals surface area contributed by atoms with Crippen molar-refractivity contribution in [2.24, 2.45) is 5.92 Å². The topological polar surface area (TPSA) is 79.0 Å². The fraction of sp³-hybridized carbons (Fsp3) is 0.278. The van der Waals surface area contributed by atoms with Crippen LogP contribution in [0.1, 0.15) is 16.9 Å². The highest BCUT2D eigenvalue weighted by atomic mass is 32.2. The van der Waals surface area contributed by atoms with Crippen LogP contribution in [0.4, 0.5) is 0 Å². The first-order chi connectivity index (χ1) is 11.5. The smallest absolute Gasteiger partial charge is 0.267 e. The van der Waals surface area contributed by atoms with Gasteiger partial charge in [0.2, 0.25) is 0 Å². The molecule has 1 fully saturated rings. The molecule has 6 heteroatoms.